The SMILES string of the molecule is CC(C)Cc1cnn2ccccc12. The van der Waals surface area contributed by atoms with Crippen molar-refractivity contribution < 1.29 is 0 Å². The van der Waals surface area contributed by atoms with E-state index >= 15 is 0 Å². The molecular weight excluding hydrogens is 160 g/mol. The van der Waals surface area contributed by atoms with E-state index in [1.54, 1.807) is 0 Å². The van der Waals surface area contributed by atoms with Crippen molar-refractivity contribution in [2.75, 3.05) is 0 Å². The second-order valence-electron chi connectivity index (χ2n) is 3.80. The number of rotatable bonds is 2. The fourth-order valence-corrected chi connectivity index (χ4v) is 1.58. The van der Waals surface area contributed by atoms with Crippen LogP contribution in [0.3, 0.4) is 0 Å². The molecule has 0 saturated heterocycles. The molecule has 2 heterocycles. The van der Waals surface area contributed by atoms with Gasteiger partial charge in [0.2, 0.25) is 0 Å². The van der Waals surface area contributed by atoms with Crippen LogP contribution >= 0.6 is 0 Å². The van der Waals surface area contributed by atoms with Crippen LogP contribution in [0.15, 0.2) is 30.6 Å². The number of hydrogen-bond acceptors (Lipinski definition) is 1. The van der Waals surface area contributed by atoms with Crippen LogP contribution in [-0.2, 0) is 6.42 Å². The van der Waals surface area contributed by atoms with Gasteiger partial charge in [0.05, 0.1) is 11.7 Å². The maximum atomic E-state index is 4.29. The van der Waals surface area contributed by atoms with Crippen molar-refractivity contribution in [2.24, 2.45) is 5.92 Å². The lowest BCUT2D eigenvalue weighted by Crippen LogP contribution is -1.93. The first kappa shape index (κ1) is 8.30. The molecule has 2 aromatic rings. The Morgan fingerprint density at radius 2 is 2.23 bits per heavy atom. The lowest BCUT2D eigenvalue weighted by atomic mass is 10.0. The quantitative estimate of drug-likeness (QED) is 0.684. The van der Waals surface area contributed by atoms with Crippen molar-refractivity contribution in [3.63, 3.8) is 0 Å². The van der Waals surface area contributed by atoms with Gasteiger partial charge in [-0.25, -0.2) is 4.52 Å². The van der Waals surface area contributed by atoms with Crippen LogP contribution in [0.2, 0.25) is 0 Å². The van der Waals surface area contributed by atoms with Crippen molar-refractivity contribution in [3.05, 3.63) is 36.2 Å². The van der Waals surface area contributed by atoms with Gasteiger partial charge in [0.15, 0.2) is 0 Å². The third-order valence-electron chi connectivity index (χ3n) is 2.13. The Kier molecular flexibility index (Phi) is 2.05. The van der Waals surface area contributed by atoms with Crippen LogP contribution in [0.1, 0.15) is 19.4 Å². The van der Waals surface area contributed by atoms with Gasteiger partial charge in [-0.1, -0.05) is 19.9 Å². The summed E-state index contributed by atoms with van der Waals surface area (Å²) in [6, 6.07) is 6.17. The first-order valence-corrected chi connectivity index (χ1v) is 4.68. The second kappa shape index (κ2) is 3.21. The number of aromatic nitrogens is 2. The summed E-state index contributed by atoms with van der Waals surface area (Å²) in [6.07, 6.45) is 5.06. The number of fused-ring (bicyclic) bond motifs is 1. The summed E-state index contributed by atoms with van der Waals surface area (Å²) in [5.74, 6) is 0.688. The highest BCUT2D eigenvalue weighted by molar-refractivity contribution is 5.53. The van der Waals surface area contributed by atoms with Crippen LogP contribution in [0.5, 0.6) is 0 Å². The molecule has 0 unspecified atom stereocenters. The molecule has 0 aliphatic heterocycles. The Bertz CT molecular complexity index is 401. The Balaban J connectivity index is 2.46. The smallest absolute Gasteiger partial charge is 0.0693 e. The van der Waals surface area contributed by atoms with Crippen LogP contribution in [0, 0.1) is 5.92 Å². The lowest BCUT2D eigenvalue weighted by Gasteiger charge is -2.01. The molecule has 68 valence electrons. The molecule has 13 heavy (non-hydrogen) atoms. The minimum Gasteiger partial charge on any atom is -0.241 e. The normalized spacial score (nSPS) is 11.3. The van der Waals surface area contributed by atoms with Gasteiger partial charge in [0.1, 0.15) is 0 Å². The highest BCUT2D eigenvalue weighted by atomic mass is 15.2. The van der Waals surface area contributed by atoms with Crippen molar-refractivity contribution >= 4 is 5.52 Å². The van der Waals surface area contributed by atoms with Gasteiger partial charge >= 0.3 is 0 Å². The van der Waals surface area contributed by atoms with Crippen LogP contribution in [0.25, 0.3) is 5.52 Å². The Hall–Kier alpha value is -1.31. The molecule has 2 nitrogen and oxygen atoms in total. The molecule has 0 radical (unpaired) electrons. The Morgan fingerprint density at radius 3 is 3.00 bits per heavy atom. The number of pyridine rings is 1. The van der Waals surface area contributed by atoms with E-state index in [1.807, 2.05) is 23.0 Å². The van der Waals surface area contributed by atoms with E-state index in [4.69, 9.17) is 0 Å². The molecule has 0 amide bonds. The fraction of sp³-hybridized carbons (Fsp3) is 0.364. The van der Waals surface area contributed by atoms with Crippen LogP contribution in [-0.4, -0.2) is 9.61 Å². The van der Waals surface area contributed by atoms with Gasteiger partial charge in [-0.05, 0) is 30.0 Å². The molecule has 0 aliphatic rings. The fourth-order valence-electron chi connectivity index (χ4n) is 1.58. The zero-order valence-electron chi connectivity index (χ0n) is 8.07. The first-order valence-electron chi connectivity index (χ1n) is 4.68. The summed E-state index contributed by atoms with van der Waals surface area (Å²) in [5.41, 5.74) is 2.58. The summed E-state index contributed by atoms with van der Waals surface area (Å²) in [5, 5.41) is 4.29. The third kappa shape index (κ3) is 1.57. The van der Waals surface area contributed by atoms with Gasteiger partial charge in [0.25, 0.3) is 0 Å². The lowest BCUT2D eigenvalue weighted by molar-refractivity contribution is 0.650. The molecule has 0 aliphatic carbocycles. The van der Waals surface area contributed by atoms with E-state index in [0.717, 1.165) is 6.42 Å². The Labute approximate surface area is 78.2 Å². The summed E-state index contributed by atoms with van der Waals surface area (Å²) in [6.45, 7) is 4.46. The highest BCUT2D eigenvalue weighted by Crippen LogP contribution is 2.14. The standard InChI is InChI=1S/C11H14N2/c1-9(2)7-10-8-12-13-6-4-3-5-11(10)13/h3-6,8-9H,7H2,1-2H3. The predicted molar refractivity (Wildman–Crippen MR) is 53.7 cm³/mol. The second-order valence-corrected chi connectivity index (χ2v) is 3.80. The van der Waals surface area contributed by atoms with Crippen molar-refractivity contribution in [1.82, 2.24) is 9.61 Å². The molecule has 0 bridgehead atoms. The van der Waals surface area contributed by atoms with Crippen LogP contribution in [0.4, 0.5) is 0 Å². The van der Waals surface area contributed by atoms with E-state index in [1.165, 1.54) is 11.1 Å². The maximum Gasteiger partial charge on any atom is 0.0693 e. The van der Waals surface area contributed by atoms with Gasteiger partial charge in [-0.2, -0.15) is 5.10 Å². The molecule has 2 aromatic heterocycles. The number of nitrogens with zero attached hydrogens (tertiary/aromatic N) is 2. The molecule has 0 atom stereocenters. The predicted octanol–water partition coefficient (Wildman–Crippen LogP) is 2.53. The molecule has 2 heteroatoms. The van der Waals surface area contributed by atoms with Crippen molar-refractivity contribution in [3.8, 4) is 0 Å². The summed E-state index contributed by atoms with van der Waals surface area (Å²) >= 11 is 0. The van der Waals surface area contributed by atoms with Crippen molar-refractivity contribution in [1.29, 1.82) is 0 Å². The summed E-state index contributed by atoms with van der Waals surface area (Å²) in [7, 11) is 0. The molecule has 0 saturated carbocycles. The Morgan fingerprint density at radius 1 is 1.38 bits per heavy atom. The molecule has 0 spiro atoms. The van der Waals surface area contributed by atoms with E-state index in [9.17, 15) is 0 Å². The summed E-state index contributed by atoms with van der Waals surface area (Å²) in [4.78, 5) is 0. The van der Waals surface area contributed by atoms with Gasteiger partial charge in [0, 0.05) is 6.20 Å². The van der Waals surface area contributed by atoms with Crippen LogP contribution < -0.4 is 0 Å². The molecule has 0 fully saturated rings. The monoisotopic (exact) mass is 174 g/mol. The average Bonchev–Trinajstić information content (AvgIpc) is 2.48. The zero-order chi connectivity index (χ0) is 9.26. The largest absolute Gasteiger partial charge is 0.241 e. The van der Waals surface area contributed by atoms with Gasteiger partial charge in [-0.15, -0.1) is 0 Å². The van der Waals surface area contributed by atoms with Gasteiger partial charge < -0.3 is 0 Å². The van der Waals surface area contributed by atoms with E-state index in [2.05, 4.69) is 31.1 Å². The average molecular weight is 174 g/mol. The minimum absolute atomic E-state index is 0.688. The molecule has 0 N–H and O–H groups in total. The number of hydrogen-bond donors (Lipinski definition) is 0. The molecule has 2 rings (SSSR count). The molecule has 0 aromatic carbocycles. The minimum atomic E-state index is 0.688. The highest BCUT2D eigenvalue weighted by Gasteiger charge is 2.04. The zero-order valence-corrected chi connectivity index (χ0v) is 8.07. The van der Waals surface area contributed by atoms with Crippen molar-refractivity contribution in [2.45, 2.75) is 20.3 Å². The first-order chi connectivity index (χ1) is 6.27. The van der Waals surface area contributed by atoms with Gasteiger partial charge in [-0.3, -0.25) is 0 Å². The topological polar surface area (TPSA) is 17.3 Å². The maximum absolute atomic E-state index is 4.29. The van der Waals surface area contributed by atoms with E-state index in [-0.39, 0.29) is 0 Å². The molecular formula is C11H14N2. The summed E-state index contributed by atoms with van der Waals surface area (Å²) < 4.78 is 1.93. The van der Waals surface area contributed by atoms with E-state index < -0.39 is 0 Å². The third-order valence-corrected chi connectivity index (χ3v) is 2.13. The van der Waals surface area contributed by atoms with E-state index in [0.29, 0.717) is 5.92 Å².